The van der Waals surface area contributed by atoms with Gasteiger partial charge in [0.25, 0.3) is 0 Å². The average molecular weight is 314 g/mol. The van der Waals surface area contributed by atoms with E-state index in [0.717, 1.165) is 19.3 Å². The molecule has 6 nitrogen and oxygen atoms in total. The van der Waals surface area contributed by atoms with Gasteiger partial charge in [-0.2, -0.15) is 0 Å². The fourth-order valence-corrected chi connectivity index (χ4v) is 2.62. The molecule has 2 atom stereocenters. The first-order valence-electron chi connectivity index (χ1n) is 8.42. The molecule has 1 saturated heterocycles. The van der Waals surface area contributed by atoms with Gasteiger partial charge in [-0.25, -0.2) is 0 Å². The molecule has 1 heterocycles. The van der Waals surface area contributed by atoms with Crippen molar-refractivity contribution in [3.8, 4) is 0 Å². The Morgan fingerprint density at radius 2 is 1.82 bits per heavy atom. The molecular weight excluding hydrogens is 284 g/mol. The number of unbranched alkanes of at least 4 members (excludes halogenated alkanes) is 6. The lowest BCUT2D eigenvalue weighted by Gasteiger charge is -2.20. The highest BCUT2D eigenvalue weighted by Gasteiger charge is 2.46. The standard InChI is InChI=1S/C16H30N2O4/c1-2-3-4-5-6-7-8-11-16(12-22-16)18-13(15(20)21)9-10-14(17)19/h13,18H,2-12H2,1H3,(H2,17,19)(H,20,21). The Balaban J connectivity index is 2.21. The molecule has 6 heteroatoms. The molecule has 0 saturated carbocycles. The maximum absolute atomic E-state index is 11.2. The van der Waals surface area contributed by atoms with Crippen molar-refractivity contribution in [1.29, 1.82) is 0 Å². The topological polar surface area (TPSA) is 105 Å². The van der Waals surface area contributed by atoms with Gasteiger partial charge in [0.05, 0.1) is 6.61 Å². The van der Waals surface area contributed by atoms with Crippen LogP contribution in [0.3, 0.4) is 0 Å². The molecule has 2 unspecified atom stereocenters. The number of nitrogens with one attached hydrogen (secondary N) is 1. The summed E-state index contributed by atoms with van der Waals surface area (Å²) in [6.07, 6.45) is 9.61. The number of primary amides is 1. The molecule has 1 aliphatic rings. The molecule has 1 fully saturated rings. The number of amides is 1. The summed E-state index contributed by atoms with van der Waals surface area (Å²) in [5.41, 5.74) is 4.58. The van der Waals surface area contributed by atoms with Gasteiger partial charge < -0.3 is 15.6 Å². The van der Waals surface area contributed by atoms with E-state index < -0.39 is 23.6 Å². The van der Waals surface area contributed by atoms with Gasteiger partial charge in [0.1, 0.15) is 11.8 Å². The van der Waals surface area contributed by atoms with Gasteiger partial charge in [-0.3, -0.25) is 14.9 Å². The molecule has 1 aliphatic heterocycles. The third-order valence-electron chi connectivity index (χ3n) is 4.09. The second-order valence-electron chi connectivity index (χ2n) is 6.19. The maximum Gasteiger partial charge on any atom is 0.320 e. The first-order chi connectivity index (χ1) is 10.5. The average Bonchev–Trinajstić information content (AvgIpc) is 3.22. The van der Waals surface area contributed by atoms with E-state index in [9.17, 15) is 14.7 Å². The molecule has 128 valence electrons. The number of hydrogen-bond acceptors (Lipinski definition) is 4. The van der Waals surface area contributed by atoms with Crippen LogP contribution in [0.2, 0.25) is 0 Å². The number of carboxylic acids is 1. The fourth-order valence-electron chi connectivity index (χ4n) is 2.62. The van der Waals surface area contributed by atoms with E-state index in [4.69, 9.17) is 10.5 Å². The van der Waals surface area contributed by atoms with E-state index in [1.807, 2.05) is 0 Å². The molecule has 22 heavy (non-hydrogen) atoms. The zero-order chi connectivity index (χ0) is 16.4. The molecule has 0 aromatic carbocycles. The smallest absolute Gasteiger partial charge is 0.320 e. The lowest BCUT2D eigenvalue weighted by atomic mass is 10.0. The van der Waals surface area contributed by atoms with Crippen LogP contribution >= 0.6 is 0 Å². The first kappa shape index (κ1) is 18.9. The Morgan fingerprint density at radius 1 is 1.23 bits per heavy atom. The van der Waals surface area contributed by atoms with Crippen molar-refractivity contribution in [2.75, 3.05) is 6.61 Å². The molecular formula is C16H30N2O4. The lowest BCUT2D eigenvalue weighted by Crippen LogP contribution is -2.46. The summed E-state index contributed by atoms with van der Waals surface area (Å²) in [6, 6.07) is -0.778. The second-order valence-corrected chi connectivity index (χ2v) is 6.19. The Kier molecular flexibility index (Phi) is 8.42. The first-order valence-corrected chi connectivity index (χ1v) is 8.42. The number of carbonyl (C=O) groups excluding carboxylic acids is 1. The molecule has 0 aliphatic carbocycles. The summed E-state index contributed by atoms with van der Waals surface area (Å²) in [7, 11) is 0. The molecule has 0 radical (unpaired) electrons. The van der Waals surface area contributed by atoms with Crippen LogP contribution in [-0.4, -0.2) is 35.4 Å². The third kappa shape index (κ3) is 7.75. The van der Waals surface area contributed by atoms with Crippen molar-refractivity contribution in [3.63, 3.8) is 0 Å². The number of ether oxygens (including phenoxy) is 1. The van der Waals surface area contributed by atoms with Gasteiger partial charge in [-0.05, 0) is 19.3 Å². The van der Waals surface area contributed by atoms with Crippen LogP contribution in [0.15, 0.2) is 0 Å². The van der Waals surface area contributed by atoms with E-state index >= 15 is 0 Å². The Morgan fingerprint density at radius 3 is 2.32 bits per heavy atom. The van der Waals surface area contributed by atoms with E-state index in [1.54, 1.807) is 0 Å². The Labute approximate surface area is 132 Å². The van der Waals surface area contributed by atoms with Crippen LogP contribution in [-0.2, 0) is 14.3 Å². The molecule has 1 amide bonds. The van der Waals surface area contributed by atoms with Crippen molar-refractivity contribution < 1.29 is 19.4 Å². The summed E-state index contributed by atoms with van der Waals surface area (Å²) in [4.78, 5) is 22.0. The molecule has 0 bridgehead atoms. The predicted octanol–water partition coefficient (Wildman–Crippen LogP) is 2.16. The highest BCUT2D eigenvalue weighted by molar-refractivity contribution is 5.77. The molecule has 4 N–H and O–H groups in total. The van der Waals surface area contributed by atoms with Gasteiger partial charge >= 0.3 is 5.97 Å². The maximum atomic E-state index is 11.2. The number of aliphatic carboxylic acids is 1. The highest BCUT2D eigenvalue weighted by Crippen LogP contribution is 2.31. The number of epoxide rings is 1. The zero-order valence-electron chi connectivity index (χ0n) is 13.6. The monoisotopic (exact) mass is 314 g/mol. The lowest BCUT2D eigenvalue weighted by molar-refractivity contribution is -0.140. The number of hydrogen-bond donors (Lipinski definition) is 3. The number of rotatable bonds is 14. The van der Waals surface area contributed by atoms with Crippen molar-refractivity contribution in [2.45, 2.75) is 82.9 Å². The second kappa shape index (κ2) is 9.79. The van der Waals surface area contributed by atoms with Crippen LogP contribution in [0.4, 0.5) is 0 Å². The van der Waals surface area contributed by atoms with Crippen LogP contribution in [0.25, 0.3) is 0 Å². The number of carboxylic acid groups (broad SMARTS) is 1. The van der Waals surface area contributed by atoms with E-state index in [0.29, 0.717) is 6.61 Å². The van der Waals surface area contributed by atoms with Crippen molar-refractivity contribution in [3.05, 3.63) is 0 Å². The zero-order valence-corrected chi connectivity index (χ0v) is 13.6. The molecule has 0 aromatic rings. The summed E-state index contributed by atoms with van der Waals surface area (Å²) in [5, 5.41) is 12.2. The summed E-state index contributed by atoms with van der Waals surface area (Å²) in [6.45, 7) is 2.75. The minimum absolute atomic E-state index is 0.0669. The fraction of sp³-hybridized carbons (Fsp3) is 0.875. The largest absolute Gasteiger partial charge is 0.480 e. The van der Waals surface area contributed by atoms with E-state index in [1.165, 1.54) is 32.1 Å². The summed E-state index contributed by atoms with van der Waals surface area (Å²) >= 11 is 0. The molecule has 0 aromatic heterocycles. The van der Waals surface area contributed by atoms with Crippen LogP contribution in [0.5, 0.6) is 0 Å². The van der Waals surface area contributed by atoms with Gasteiger partial charge in [0.15, 0.2) is 0 Å². The van der Waals surface area contributed by atoms with Crippen LogP contribution in [0.1, 0.15) is 71.1 Å². The van der Waals surface area contributed by atoms with E-state index in [2.05, 4.69) is 12.2 Å². The van der Waals surface area contributed by atoms with Gasteiger partial charge in [-0.1, -0.05) is 45.4 Å². The SMILES string of the molecule is CCCCCCCCCC1(NC(CCC(N)=O)C(=O)O)CO1. The Hall–Kier alpha value is -1.14. The number of carbonyl (C=O) groups is 2. The third-order valence-corrected chi connectivity index (χ3v) is 4.09. The van der Waals surface area contributed by atoms with Gasteiger partial charge in [0, 0.05) is 6.42 Å². The molecule has 0 spiro atoms. The van der Waals surface area contributed by atoms with Gasteiger partial charge in [-0.15, -0.1) is 0 Å². The van der Waals surface area contributed by atoms with Crippen LogP contribution in [0, 0.1) is 0 Å². The summed E-state index contributed by atoms with van der Waals surface area (Å²) in [5.74, 6) is -1.44. The quantitative estimate of drug-likeness (QED) is 0.336. The highest BCUT2D eigenvalue weighted by atomic mass is 16.6. The molecule has 1 rings (SSSR count). The minimum Gasteiger partial charge on any atom is -0.480 e. The number of nitrogens with two attached hydrogens (primary N) is 1. The van der Waals surface area contributed by atoms with Crippen molar-refractivity contribution in [1.82, 2.24) is 5.32 Å². The Bertz CT molecular complexity index is 356. The van der Waals surface area contributed by atoms with Crippen LogP contribution < -0.4 is 11.1 Å². The summed E-state index contributed by atoms with van der Waals surface area (Å²) < 4.78 is 5.44. The predicted molar refractivity (Wildman–Crippen MR) is 84.3 cm³/mol. The van der Waals surface area contributed by atoms with Gasteiger partial charge in [0.2, 0.25) is 5.91 Å². The minimum atomic E-state index is -0.962. The van der Waals surface area contributed by atoms with Crippen molar-refractivity contribution in [2.24, 2.45) is 5.73 Å². The normalized spacial score (nSPS) is 21.5. The van der Waals surface area contributed by atoms with Crippen molar-refractivity contribution >= 4 is 11.9 Å². The van der Waals surface area contributed by atoms with E-state index in [-0.39, 0.29) is 12.8 Å².